The lowest BCUT2D eigenvalue weighted by Gasteiger charge is -2.31. The summed E-state index contributed by atoms with van der Waals surface area (Å²) in [6.45, 7) is 8.44. The highest BCUT2D eigenvalue weighted by atomic mass is 32.1. The van der Waals surface area contributed by atoms with Crippen LogP contribution in [0, 0.1) is 23.7 Å². The van der Waals surface area contributed by atoms with E-state index in [-0.39, 0.29) is 5.41 Å². The second-order valence-corrected chi connectivity index (χ2v) is 6.04. The molecule has 0 bridgehead atoms. The SMILES string of the molecule is C/C=C(\C)C(CC)(CC#N)Cc1sc(N)cc1C. The van der Waals surface area contributed by atoms with Gasteiger partial charge in [-0.3, -0.25) is 0 Å². The number of hydrogen-bond donors (Lipinski definition) is 1. The van der Waals surface area contributed by atoms with Gasteiger partial charge in [0.05, 0.1) is 11.1 Å². The topological polar surface area (TPSA) is 49.8 Å². The smallest absolute Gasteiger partial charge is 0.0861 e. The summed E-state index contributed by atoms with van der Waals surface area (Å²) in [6.07, 6.45) is 4.60. The molecule has 1 heterocycles. The number of hydrogen-bond acceptors (Lipinski definition) is 3. The van der Waals surface area contributed by atoms with Crippen molar-refractivity contribution in [1.82, 2.24) is 0 Å². The summed E-state index contributed by atoms with van der Waals surface area (Å²) in [6, 6.07) is 4.38. The molecule has 2 nitrogen and oxygen atoms in total. The molecular weight excluding hydrogens is 240 g/mol. The van der Waals surface area contributed by atoms with E-state index >= 15 is 0 Å². The van der Waals surface area contributed by atoms with Crippen molar-refractivity contribution in [2.75, 3.05) is 5.73 Å². The fourth-order valence-corrected chi connectivity index (χ4v) is 3.45. The highest BCUT2D eigenvalue weighted by Crippen LogP contribution is 2.41. The Balaban J connectivity index is 3.13. The molecule has 0 aliphatic carbocycles. The Morgan fingerprint density at radius 2 is 2.28 bits per heavy atom. The van der Waals surface area contributed by atoms with Crippen LogP contribution in [0.2, 0.25) is 0 Å². The van der Waals surface area contributed by atoms with Crippen LogP contribution in [0.25, 0.3) is 0 Å². The second-order valence-electron chi connectivity index (χ2n) is 4.87. The van der Waals surface area contributed by atoms with Crippen LogP contribution in [0.3, 0.4) is 0 Å². The molecule has 3 heteroatoms. The zero-order valence-electron chi connectivity index (χ0n) is 11.7. The van der Waals surface area contributed by atoms with E-state index < -0.39 is 0 Å². The van der Waals surface area contributed by atoms with Crippen LogP contribution in [-0.4, -0.2) is 0 Å². The van der Waals surface area contributed by atoms with Gasteiger partial charge in [0.25, 0.3) is 0 Å². The zero-order valence-corrected chi connectivity index (χ0v) is 12.5. The Morgan fingerprint density at radius 3 is 2.67 bits per heavy atom. The van der Waals surface area contributed by atoms with E-state index in [2.05, 4.69) is 32.9 Å². The van der Waals surface area contributed by atoms with Crippen LogP contribution in [0.5, 0.6) is 0 Å². The van der Waals surface area contributed by atoms with Crippen LogP contribution >= 0.6 is 11.3 Å². The lowest BCUT2D eigenvalue weighted by molar-refractivity contribution is 0.347. The highest BCUT2D eigenvalue weighted by molar-refractivity contribution is 7.16. The zero-order chi connectivity index (χ0) is 13.8. The van der Waals surface area contributed by atoms with E-state index in [1.165, 1.54) is 16.0 Å². The second kappa shape index (κ2) is 6.06. The first kappa shape index (κ1) is 14.8. The summed E-state index contributed by atoms with van der Waals surface area (Å²) in [5.41, 5.74) is 8.38. The number of nitriles is 1. The fraction of sp³-hybridized carbons (Fsp3) is 0.533. The molecule has 0 aromatic carbocycles. The van der Waals surface area contributed by atoms with Crippen molar-refractivity contribution in [1.29, 1.82) is 5.26 Å². The van der Waals surface area contributed by atoms with Gasteiger partial charge in [0.15, 0.2) is 0 Å². The lowest BCUT2D eigenvalue weighted by atomic mass is 9.72. The Morgan fingerprint density at radius 1 is 1.61 bits per heavy atom. The number of anilines is 1. The first-order valence-corrected chi connectivity index (χ1v) is 7.16. The molecule has 0 saturated heterocycles. The van der Waals surface area contributed by atoms with Gasteiger partial charge in [-0.25, -0.2) is 0 Å². The first-order valence-electron chi connectivity index (χ1n) is 6.34. The number of allylic oxidation sites excluding steroid dienone is 2. The van der Waals surface area contributed by atoms with Crippen LogP contribution < -0.4 is 5.73 Å². The van der Waals surface area contributed by atoms with Crippen molar-refractivity contribution in [3.05, 3.63) is 28.2 Å². The van der Waals surface area contributed by atoms with E-state index in [4.69, 9.17) is 11.0 Å². The van der Waals surface area contributed by atoms with Gasteiger partial charge in [-0.05, 0) is 45.2 Å². The number of nitrogens with zero attached hydrogens (tertiary/aromatic N) is 1. The van der Waals surface area contributed by atoms with Crippen molar-refractivity contribution in [3.8, 4) is 6.07 Å². The Kier molecular flexibility index (Phi) is 4.98. The molecule has 0 aliphatic rings. The van der Waals surface area contributed by atoms with Gasteiger partial charge in [-0.2, -0.15) is 5.26 Å². The number of thiophene rings is 1. The van der Waals surface area contributed by atoms with E-state index in [0.717, 1.165) is 17.8 Å². The average Bonchev–Trinajstić information content (AvgIpc) is 2.66. The third-order valence-corrected chi connectivity index (χ3v) is 4.97. The first-order chi connectivity index (χ1) is 8.49. The fourth-order valence-electron chi connectivity index (χ4n) is 2.36. The molecule has 0 saturated carbocycles. The molecule has 0 aliphatic heterocycles. The van der Waals surface area contributed by atoms with Crippen molar-refractivity contribution in [2.45, 2.75) is 47.0 Å². The maximum atomic E-state index is 9.13. The normalized spacial score (nSPS) is 15.2. The number of nitrogen functional groups attached to an aromatic ring is 1. The molecule has 1 aromatic rings. The van der Waals surface area contributed by atoms with Gasteiger partial charge in [0.1, 0.15) is 0 Å². The van der Waals surface area contributed by atoms with Crippen molar-refractivity contribution in [2.24, 2.45) is 5.41 Å². The van der Waals surface area contributed by atoms with Crippen LogP contribution in [0.15, 0.2) is 17.7 Å². The van der Waals surface area contributed by atoms with Crippen LogP contribution in [0.1, 0.15) is 44.1 Å². The van der Waals surface area contributed by atoms with Gasteiger partial charge in [-0.1, -0.05) is 18.6 Å². The van der Waals surface area contributed by atoms with E-state index in [1.807, 2.05) is 13.0 Å². The van der Waals surface area contributed by atoms with Gasteiger partial charge in [0.2, 0.25) is 0 Å². The maximum absolute atomic E-state index is 9.13. The van der Waals surface area contributed by atoms with Gasteiger partial charge >= 0.3 is 0 Å². The molecule has 1 unspecified atom stereocenters. The molecule has 1 atom stereocenters. The summed E-state index contributed by atoms with van der Waals surface area (Å²) in [5, 5.41) is 9.99. The third kappa shape index (κ3) is 2.94. The standard InChI is InChI=1S/C15H22N2S/c1-5-12(4)15(6-2,7-8-16)10-13-11(3)9-14(17)18-13/h5,9H,6-7,10,17H2,1-4H3/b12-5+. The Bertz CT molecular complexity index is 479. The average molecular weight is 262 g/mol. The third-order valence-electron chi connectivity index (χ3n) is 3.90. The molecular formula is C15H22N2S. The van der Waals surface area contributed by atoms with Gasteiger partial charge < -0.3 is 5.73 Å². The van der Waals surface area contributed by atoms with Crippen molar-refractivity contribution >= 4 is 16.3 Å². The summed E-state index contributed by atoms with van der Waals surface area (Å²) in [7, 11) is 0. The maximum Gasteiger partial charge on any atom is 0.0861 e. The van der Waals surface area contributed by atoms with Gasteiger partial charge in [0, 0.05) is 16.7 Å². The summed E-state index contributed by atoms with van der Waals surface area (Å²) in [5.74, 6) is 0. The summed E-state index contributed by atoms with van der Waals surface area (Å²) in [4.78, 5) is 1.31. The van der Waals surface area contributed by atoms with E-state index in [0.29, 0.717) is 6.42 Å². The number of rotatable bonds is 5. The van der Waals surface area contributed by atoms with Crippen LogP contribution in [-0.2, 0) is 6.42 Å². The minimum Gasteiger partial charge on any atom is -0.391 e. The monoisotopic (exact) mass is 262 g/mol. The molecule has 0 spiro atoms. The minimum atomic E-state index is -0.0362. The molecule has 98 valence electrons. The molecule has 0 radical (unpaired) electrons. The largest absolute Gasteiger partial charge is 0.391 e. The molecule has 18 heavy (non-hydrogen) atoms. The molecule has 0 amide bonds. The van der Waals surface area contributed by atoms with Gasteiger partial charge in [-0.15, -0.1) is 11.3 Å². The highest BCUT2D eigenvalue weighted by Gasteiger charge is 2.31. The molecule has 1 rings (SSSR count). The number of aryl methyl sites for hydroxylation is 1. The Hall–Kier alpha value is -1.27. The Labute approximate surface area is 114 Å². The lowest BCUT2D eigenvalue weighted by Crippen LogP contribution is -2.24. The quantitative estimate of drug-likeness (QED) is 0.796. The van der Waals surface area contributed by atoms with E-state index in [1.54, 1.807) is 11.3 Å². The minimum absolute atomic E-state index is 0.0362. The molecule has 1 aromatic heterocycles. The predicted octanol–water partition coefficient (Wildman–Crippen LogP) is 4.46. The van der Waals surface area contributed by atoms with Crippen molar-refractivity contribution in [3.63, 3.8) is 0 Å². The van der Waals surface area contributed by atoms with Crippen LogP contribution in [0.4, 0.5) is 5.00 Å². The van der Waals surface area contributed by atoms with Crippen molar-refractivity contribution < 1.29 is 0 Å². The molecule has 2 N–H and O–H groups in total. The summed E-state index contributed by atoms with van der Waals surface area (Å²) < 4.78 is 0. The molecule has 0 fully saturated rings. The number of nitrogens with two attached hydrogens (primary N) is 1. The predicted molar refractivity (Wildman–Crippen MR) is 79.6 cm³/mol. The van der Waals surface area contributed by atoms with E-state index in [9.17, 15) is 0 Å². The summed E-state index contributed by atoms with van der Waals surface area (Å²) >= 11 is 1.65.